The lowest BCUT2D eigenvalue weighted by atomic mass is 9.86. The van der Waals surface area contributed by atoms with Crippen LogP contribution >= 0.6 is 11.3 Å². The van der Waals surface area contributed by atoms with Crippen molar-refractivity contribution in [3.8, 4) is 0 Å². The van der Waals surface area contributed by atoms with Gasteiger partial charge in [0, 0.05) is 5.92 Å². The van der Waals surface area contributed by atoms with E-state index in [9.17, 15) is 5.11 Å². The maximum absolute atomic E-state index is 9.23. The van der Waals surface area contributed by atoms with Gasteiger partial charge in [0.25, 0.3) is 0 Å². The van der Waals surface area contributed by atoms with E-state index in [-0.39, 0.29) is 6.61 Å². The van der Waals surface area contributed by atoms with Crippen molar-refractivity contribution in [2.24, 2.45) is 0 Å². The minimum absolute atomic E-state index is 0.0147. The maximum Gasteiger partial charge on any atom is 0.212 e. The number of rotatable bonds is 2. The number of hydrogen-bond acceptors (Lipinski definition) is 4. The molecule has 2 aromatic heterocycles. The summed E-state index contributed by atoms with van der Waals surface area (Å²) in [5.41, 5.74) is 1.71. The molecule has 0 atom stereocenters. The van der Waals surface area contributed by atoms with Gasteiger partial charge in [-0.2, -0.15) is 5.10 Å². The van der Waals surface area contributed by atoms with Crippen LogP contribution in [0.15, 0.2) is 0 Å². The summed E-state index contributed by atoms with van der Waals surface area (Å²) in [5, 5.41) is 14.9. The van der Waals surface area contributed by atoms with Crippen LogP contribution in [0.2, 0.25) is 0 Å². The average Bonchev–Trinajstić information content (AvgIpc) is 2.57. The standard InChI is InChI=1S/C10H13N3OS/c1-6-8(5-14)13-10(11-6)15-9(12-13)7-3-2-4-7/h7,14H,2-5H2,1H3. The fraction of sp³-hybridized carbons (Fsp3) is 0.600. The number of aromatic nitrogens is 3. The smallest absolute Gasteiger partial charge is 0.212 e. The molecule has 5 heteroatoms. The molecule has 0 aromatic carbocycles. The molecule has 1 aliphatic rings. The summed E-state index contributed by atoms with van der Waals surface area (Å²) in [6.45, 7) is 1.93. The van der Waals surface area contributed by atoms with Crippen LogP contribution in [0.1, 0.15) is 41.6 Å². The third-order valence-corrected chi connectivity index (χ3v) is 4.19. The van der Waals surface area contributed by atoms with Crippen molar-refractivity contribution in [3.05, 3.63) is 16.4 Å². The fourth-order valence-corrected chi connectivity index (χ4v) is 3.04. The summed E-state index contributed by atoms with van der Waals surface area (Å²) in [5.74, 6) is 0.642. The summed E-state index contributed by atoms with van der Waals surface area (Å²) < 4.78 is 1.80. The van der Waals surface area contributed by atoms with E-state index < -0.39 is 0 Å². The zero-order valence-corrected chi connectivity index (χ0v) is 9.42. The highest BCUT2D eigenvalue weighted by molar-refractivity contribution is 7.16. The van der Waals surface area contributed by atoms with E-state index in [4.69, 9.17) is 0 Å². The molecule has 0 unspecified atom stereocenters. The van der Waals surface area contributed by atoms with Crippen LogP contribution in [0.4, 0.5) is 0 Å². The van der Waals surface area contributed by atoms with E-state index in [0.29, 0.717) is 5.92 Å². The molecule has 1 aliphatic carbocycles. The molecule has 15 heavy (non-hydrogen) atoms. The Morgan fingerprint density at radius 1 is 1.53 bits per heavy atom. The number of aryl methyl sites for hydroxylation is 1. The topological polar surface area (TPSA) is 50.4 Å². The quantitative estimate of drug-likeness (QED) is 0.845. The van der Waals surface area contributed by atoms with Crippen molar-refractivity contribution >= 4 is 16.3 Å². The Morgan fingerprint density at radius 3 is 2.93 bits per heavy atom. The Labute approximate surface area is 91.6 Å². The molecule has 2 aromatic rings. The van der Waals surface area contributed by atoms with Gasteiger partial charge in [-0.05, 0) is 19.8 Å². The molecule has 0 saturated heterocycles. The van der Waals surface area contributed by atoms with Gasteiger partial charge in [0.05, 0.1) is 18.0 Å². The maximum atomic E-state index is 9.23. The summed E-state index contributed by atoms with van der Waals surface area (Å²) in [6.07, 6.45) is 3.83. The Kier molecular flexibility index (Phi) is 2.03. The highest BCUT2D eigenvalue weighted by Crippen LogP contribution is 2.38. The minimum Gasteiger partial charge on any atom is -0.390 e. The number of aliphatic hydroxyl groups excluding tert-OH is 1. The van der Waals surface area contributed by atoms with Crippen LogP contribution in [0.25, 0.3) is 4.96 Å². The van der Waals surface area contributed by atoms with Gasteiger partial charge in [-0.25, -0.2) is 9.50 Å². The monoisotopic (exact) mass is 223 g/mol. The van der Waals surface area contributed by atoms with Crippen molar-refractivity contribution in [3.63, 3.8) is 0 Å². The molecule has 1 fully saturated rings. The van der Waals surface area contributed by atoms with Gasteiger partial charge < -0.3 is 5.11 Å². The molecule has 0 amide bonds. The highest BCUT2D eigenvalue weighted by Gasteiger charge is 2.24. The number of nitrogens with zero attached hydrogens (tertiary/aromatic N) is 3. The molecule has 3 rings (SSSR count). The molecular weight excluding hydrogens is 210 g/mol. The molecular formula is C10H13N3OS. The lowest BCUT2D eigenvalue weighted by Crippen LogP contribution is -2.09. The third kappa shape index (κ3) is 1.30. The second kappa shape index (κ2) is 3.28. The van der Waals surface area contributed by atoms with Crippen molar-refractivity contribution in [2.45, 2.75) is 38.7 Å². The van der Waals surface area contributed by atoms with Gasteiger partial charge in [0.2, 0.25) is 4.96 Å². The van der Waals surface area contributed by atoms with E-state index in [1.54, 1.807) is 15.9 Å². The van der Waals surface area contributed by atoms with Crippen LogP contribution in [-0.4, -0.2) is 19.7 Å². The number of fused-ring (bicyclic) bond motifs is 1. The third-order valence-electron chi connectivity index (χ3n) is 3.12. The molecule has 80 valence electrons. The second-order valence-corrected chi connectivity index (χ2v) is 5.05. The van der Waals surface area contributed by atoms with Crippen LogP contribution in [0.3, 0.4) is 0 Å². The van der Waals surface area contributed by atoms with Crippen molar-refractivity contribution < 1.29 is 5.11 Å². The van der Waals surface area contributed by atoms with Crippen LogP contribution in [0, 0.1) is 6.92 Å². The summed E-state index contributed by atoms with van der Waals surface area (Å²) in [7, 11) is 0. The van der Waals surface area contributed by atoms with Gasteiger partial charge in [0.1, 0.15) is 5.01 Å². The van der Waals surface area contributed by atoms with Crippen LogP contribution in [-0.2, 0) is 6.61 Å². The summed E-state index contributed by atoms with van der Waals surface area (Å²) >= 11 is 1.66. The van der Waals surface area contributed by atoms with Crippen LogP contribution in [0.5, 0.6) is 0 Å². The number of imidazole rings is 1. The van der Waals surface area contributed by atoms with Gasteiger partial charge in [-0.1, -0.05) is 17.8 Å². The largest absolute Gasteiger partial charge is 0.390 e. The Bertz CT molecular complexity index is 498. The number of hydrogen-bond donors (Lipinski definition) is 1. The molecule has 0 spiro atoms. The Hall–Kier alpha value is -0.940. The molecule has 4 nitrogen and oxygen atoms in total. The lowest BCUT2D eigenvalue weighted by Gasteiger charge is -2.21. The average molecular weight is 223 g/mol. The van der Waals surface area contributed by atoms with Gasteiger partial charge in [0.15, 0.2) is 0 Å². The Balaban J connectivity index is 2.10. The fourth-order valence-electron chi connectivity index (χ4n) is 1.91. The summed E-state index contributed by atoms with van der Waals surface area (Å²) in [4.78, 5) is 5.32. The van der Waals surface area contributed by atoms with E-state index >= 15 is 0 Å². The SMILES string of the molecule is Cc1nc2sc(C3CCC3)nn2c1CO. The van der Waals surface area contributed by atoms with Gasteiger partial charge in [-0.3, -0.25) is 0 Å². The number of aliphatic hydroxyl groups is 1. The first-order valence-electron chi connectivity index (χ1n) is 5.25. The van der Waals surface area contributed by atoms with Crippen LogP contribution < -0.4 is 0 Å². The van der Waals surface area contributed by atoms with Crippen molar-refractivity contribution in [2.75, 3.05) is 0 Å². The zero-order valence-electron chi connectivity index (χ0n) is 8.60. The first kappa shape index (κ1) is 9.30. The van der Waals surface area contributed by atoms with Crippen molar-refractivity contribution in [1.29, 1.82) is 0 Å². The van der Waals surface area contributed by atoms with E-state index in [0.717, 1.165) is 16.3 Å². The normalized spacial score (nSPS) is 17.2. The van der Waals surface area contributed by atoms with E-state index in [1.807, 2.05) is 6.92 Å². The minimum atomic E-state index is 0.0147. The van der Waals surface area contributed by atoms with Crippen molar-refractivity contribution in [1.82, 2.24) is 14.6 Å². The molecule has 0 radical (unpaired) electrons. The highest BCUT2D eigenvalue weighted by atomic mass is 32.1. The first-order valence-corrected chi connectivity index (χ1v) is 6.07. The van der Waals surface area contributed by atoms with E-state index in [1.165, 1.54) is 24.3 Å². The molecule has 1 saturated carbocycles. The molecule has 0 bridgehead atoms. The predicted octanol–water partition coefficient (Wildman–Crippen LogP) is 1.86. The molecule has 2 heterocycles. The first-order chi connectivity index (χ1) is 7.29. The summed E-state index contributed by atoms with van der Waals surface area (Å²) in [6, 6.07) is 0. The predicted molar refractivity (Wildman–Crippen MR) is 58.1 cm³/mol. The van der Waals surface area contributed by atoms with Gasteiger partial charge >= 0.3 is 0 Å². The molecule has 1 N–H and O–H groups in total. The van der Waals surface area contributed by atoms with Gasteiger partial charge in [-0.15, -0.1) is 0 Å². The zero-order chi connectivity index (χ0) is 10.4. The Morgan fingerprint density at radius 2 is 2.33 bits per heavy atom. The lowest BCUT2D eigenvalue weighted by molar-refractivity contribution is 0.273. The molecule has 0 aliphatic heterocycles. The second-order valence-electron chi connectivity index (χ2n) is 4.06. The van der Waals surface area contributed by atoms with E-state index in [2.05, 4.69) is 10.1 Å².